The van der Waals surface area contributed by atoms with Gasteiger partial charge in [0.15, 0.2) is 23.3 Å². The quantitative estimate of drug-likeness (QED) is 0.0177. The Morgan fingerprint density at radius 1 is 0.333 bits per heavy atom. The average molecular weight is 1120 g/mol. The molecule has 0 saturated heterocycles. The molecule has 0 saturated carbocycles. The van der Waals surface area contributed by atoms with Crippen molar-refractivity contribution in [1.29, 1.82) is 0 Å². The molecular formula is C50H74F4N8O16. The van der Waals surface area contributed by atoms with Crippen molar-refractivity contribution in [2.24, 2.45) is 0 Å². The van der Waals surface area contributed by atoms with Crippen molar-refractivity contribution < 1.29 is 93.4 Å². The maximum absolute atomic E-state index is 15.5. The highest BCUT2D eigenvalue weighted by atomic mass is 19.2. The van der Waals surface area contributed by atoms with Crippen molar-refractivity contribution in [3.8, 4) is 22.5 Å². The number of aromatic nitrogens is 8. The molecule has 3 aromatic heterocycles. The molecule has 0 aliphatic rings. The zero-order chi connectivity index (χ0) is 55.4. The molecule has 0 fully saturated rings. The van der Waals surface area contributed by atoms with E-state index in [4.69, 9.17) is 75.8 Å². The number of halogens is 4. The molecule has 0 unspecified atom stereocenters. The lowest BCUT2D eigenvalue weighted by Gasteiger charge is -2.18. The lowest BCUT2D eigenvalue weighted by atomic mass is 10.0. The summed E-state index contributed by atoms with van der Waals surface area (Å²) in [5, 5.41) is 17.6. The van der Waals surface area contributed by atoms with Crippen molar-refractivity contribution in [2.45, 2.75) is 12.1 Å². The van der Waals surface area contributed by atoms with Crippen LogP contribution in [0, 0.1) is 23.3 Å². The van der Waals surface area contributed by atoms with Crippen LogP contribution in [0.4, 0.5) is 17.6 Å². The van der Waals surface area contributed by atoms with E-state index in [1.165, 1.54) is 9.36 Å². The molecule has 2 aromatic carbocycles. The van der Waals surface area contributed by atoms with E-state index in [9.17, 15) is 8.78 Å². The minimum absolute atomic E-state index is 0.0573. The smallest absolute Gasteiger partial charge is 0.199 e. The fourth-order valence-electron chi connectivity index (χ4n) is 7.02. The number of hydrogen-bond acceptors (Lipinski definition) is 22. The summed E-state index contributed by atoms with van der Waals surface area (Å²) in [6, 6.07) is 2.14. The Morgan fingerprint density at radius 3 is 0.833 bits per heavy atom. The molecule has 5 aromatic rings. The summed E-state index contributed by atoms with van der Waals surface area (Å²) in [6.45, 7) is 9.39. The van der Waals surface area contributed by atoms with Crippen molar-refractivity contribution in [2.75, 3.05) is 213 Å². The minimum Gasteiger partial charge on any atom is -0.382 e. The van der Waals surface area contributed by atoms with Crippen LogP contribution in [-0.2, 0) is 75.8 Å². The van der Waals surface area contributed by atoms with E-state index in [-0.39, 0.29) is 113 Å². The van der Waals surface area contributed by atoms with Crippen LogP contribution in [-0.4, -0.2) is 253 Å². The van der Waals surface area contributed by atoms with Crippen LogP contribution in [0.5, 0.6) is 0 Å². The molecule has 438 valence electrons. The largest absolute Gasteiger partial charge is 0.382 e. The van der Waals surface area contributed by atoms with Gasteiger partial charge in [-0.2, -0.15) is 0 Å². The van der Waals surface area contributed by atoms with E-state index in [0.717, 1.165) is 0 Å². The van der Waals surface area contributed by atoms with Crippen molar-refractivity contribution >= 4 is 22.1 Å². The molecule has 0 atom stereocenters. The second-order valence-electron chi connectivity index (χ2n) is 16.7. The molecule has 5 rings (SSSR count). The second-order valence-corrected chi connectivity index (χ2v) is 16.7. The Labute approximate surface area is 450 Å². The highest BCUT2D eigenvalue weighted by Gasteiger charge is 2.27. The Kier molecular flexibility index (Phi) is 32.0. The number of ether oxygens (including phenoxy) is 16. The number of hydrogen-bond donors (Lipinski definition) is 0. The standard InChI is InChI=1S/C50H74F4N8O16/c1-63-7-11-67-15-19-71-23-27-75-33-37(34-76-28-24-72-20-16-68-12-8-64-2)61-31-41(57-59-61)39-5-6-40(48-47(39)55-49-45(53)43(51)44(52)46(54)50(49)56-48)42-32-62(60-58-42)38(35-77-29-25-73-21-17-69-13-9-65-3)36-78-30-26-74-22-18-70-14-10-66-4/h5-6,31-32,37-38H,7-30,33-36H2,1-4H3. The monoisotopic (exact) mass is 1120 g/mol. The van der Waals surface area contributed by atoms with Gasteiger partial charge in [-0.3, -0.25) is 0 Å². The van der Waals surface area contributed by atoms with Crippen LogP contribution >= 0.6 is 0 Å². The molecule has 28 heteroatoms. The van der Waals surface area contributed by atoms with E-state index in [0.29, 0.717) is 106 Å². The predicted octanol–water partition coefficient (Wildman–Crippen LogP) is 3.72. The maximum atomic E-state index is 15.5. The molecule has 0 aliphatic heterocycles. The summed E-state index contributed by atoms with van der Waals surface area (Å²) in [4.78, 5) is 8.75. The molecule has 24 nitrogen and oxygen atoms in total. The Balaban J connectivity index is 1.37. The summed E-state index contributed by atoms with van der Waals surface area (Å²) in [7, 11) is 6.38. The summed E-state index contributed by atoms with van der Waals surface area (Å²) in [6.07, 6.45) is 3.18. The minimum atomic E-state index is -2.04. The van der Waals surface area contributed by atoms with Gasteiger partial charge in [0.2, 0.25) is 0 Å². The van der Waals surface area contributed by atoms with E-state index >= 15 is 8.78 Å². The molecule has 0 radical (unpaired) electrons. The number of rotatable bonds is 48. The van der Waals surface area contributed by atoms with Crippen LogP contribution in [0.25, 0.3) is 44.6 Å². The highest BCUT2D eigenvalue weighted by molar-refractivity contribution is 6.02. The third kappa shape index (κ3) is 22.1. The van der Waals surface area contributed by atoms with E-state index in [1.807, 2.05) is 0 Å². The van der Waals surface area contributed by atoms with Gasteiger partial charge in [-0.15, -0.1) is 10.2 Å². The zero-order valence-corrected chi connectivity index (χ0v) is 44.9. The SMILES string of the molecule is COCCOCCOCCOCC(COCCOCCOCCOC)n1cc(-c2ccc(-c3cn(C(COCCOCCOCCOC)COCCOCCOCCOC)nn3)c3nc4c(F)c(F)c(F)c(F)c4nc23)nn1. The molecule has 0 N–H and O–H groups in total. The van der Waals surface area contributed by atoms with Gasteiger partial charge >= 0.3 is 0 Å². The van der Waals surface area contributed by atoms with Gasteiger partial charge in [0, 0.05) is 39.6 Å². The average Bonchev–Trinajstić information content (AvgIpc) is 4.24. The van der Waals surface area contributed by atoms with Crippen molar-refractivity contribution in [3.05, 3.63) is 47.8 Å². The lowest BCUT2D eigenvalue weighted by molar-refractivity contribution is -0.0206. The van der Waals surface area contributed by atoms with Crippen LogP contribution < -0.4 is 0 Å². The Hall–Kier alpha value is -4.60. The highest BCUT2D eigenvalue weighted by Crippen LogP contribution is 2.36. The number of fused-ring (bicyclic) bond motifs is 2. The zero-order valence-electron chi connectivity index (χ0n) is 44.9. The Morgan fingerprint density at radius 2 is 0.577 bits per heavy atom. The van der Waals surface area contributed by atoms with Gasteiger partial charge in [-0.05, 0) is 12.1 Å². The normalized spacial score (nSPS) is 12.0. The van der Waals surface area contributed by atoms with Crippen LogP contribution in [0.2, 0.25) is 0 Å². The van der Waals surface area contributed by atoms with Crippen LogP contribution in [0.15, 0.2) is 24.5 Å². The van der Waals surface area contributed by atoms with Gasteiger partial charge < -0.3 is 75.8 Å². The third-order valence-electron chi connectivity index (χ3n) is 11.1. The first-order chi connectivity index (χ1) is 38.3. The van der Waals surface area contributed by atoms with Crippen LogP contribution in [0.3, 0.4) is 0 Å². The van der Waals surface area contributed by atoms with Gasteiger partial charge in [-0.1, -0.05) is 10.4 Å². The van der Waals surface area contributed by atoms with Gasteiger partial charge in [0.25, 0.3) is 0 Å². The van der Waals surface area contributed by atoms with Gasteiger partial charge in [-0.25, -0.2) is 36.9 Å². The summed E-state index contributed by atoms with van der Waals surface area (Å²) < 4.78 is 152. The fourth-order valence-corrected chi connectivity index (χ4v) is 7.02. The fraction of sp³-hybridized carbons (Fsp3) is 0.680. The number of nitrogens with zero attached hydrogens (tertiary/aromatic N) is 8. The second kappa shape index (κ2) is 38.9. The first-order valence-electron chi connectivity index (χ1n) is 25.5. The third-order valence-corrected chi connectivity index (χ3v) is 11.1. The molecule has 0 spiro atoms. The molecule has 0 aliphatic carbocycles. The Bertz CT molecular complexity index is 2190. The predicted molar refractivity (Wildman–Crippen MR) is 270 cm³/mol. The molecular weight excluding hydrogens is 1040 g/mol. The number of methoxy groups -OCH3 is 4. The lowest BCUT2D eigenvalue weighted by Crippen LogP contribution is -2.24. The number of benzene rings is 2. The molecule has 0 amide bonds. The summed E-state index contributed by atoms with van der Waals surface area (Å²) in [5.74, 6) is -7.55. The van der Waals surface area contributed by atoms with E-state index < -0.39 is 46.4 Å². The van der Waals surface area contributed by atoms with Gasteiger partial charge in [0.1, 0.15) is 34.5 Å². The topological polar surface area (TPSA) is 235 Å². The molecule has 78 heavy (non-hydrogen) atoms. The molecule has 3 heterocycles. The first kappa shape index (κ1) is 64.2. The molecule has 0 bridgehead atoms. The first-order valence-corrected chi connectivity index (χ1v) is 25.5. The van der Waals surface area contributed by atoms with Crippen LogP contribution in [0.1, 0.15) is 12.1 Å². The van der Waals surface area contributed by atoms with Crippen molar-refractivity contribution in [3.63, 3.8) is 0 Å². The van der Waals surface area contributed by atoms with Gasteiger partial charge in [0.05, 0.1) is 208 Å². The van der Waals surface area contributed by atoms with Crippen molar-refractivity contribution in [1.82, 2.24) is 40.0 Å². The summed E-state index contributed by atoms with van der Waals surface area (Å²) >= 11 is 0. The summed E-state index contributed by atoms with van der Waals surface area (Å²) in [5.41, 5.74) is -0.907. The van der Waals surface area contributed by atoms with E-state index in [1.54, 1.807) is 53.0 Å². The van der Waals surface area contributed by atoms with E-state index in [2.05, 4.69) is 30.6 Å². The maximum Gasteiger partial charge on any atom is 0.199 e.